The van der Waals surface area contributed by atoms with Crippen LogP contribution in [0.4, 0.5) is 4.79 Å². The number of hydrogen-bond donors (Lipinski definition) is 2. The van der Waals surface area contributed by atoms with Gasteiger partial charge in [-0.25, -0.2) is 4.79 Å². The number of nitrogens with zero attached hydrogens (tertiary/aromatic N) is 1. The third-order valence-corrected chi connectivity index (χ3v) is 4.84. The number of aryl methyl sites for hydroxylation is 1. The first-order valence-corrected chi connectivity index (χ1v) is 8.87. The van der Waals surface area contributed by atoms with E-state index in [9.17, 15) is 9.59 Å². The summed E-state index contributed by atoms with van der Waals surface area (Å²) in [5.74, 6) is -0.126. The molecule has 2 N–H and O–H groups in total. The molecule has 0 atom stereocenters. The van der Waals surface area contributed by atoms with E-state index >= 15 is 0 Å². The van der Waals surface area contributed by atoms with Gasteiger partial charge in [-0.3, -0.25) is 4.79 Å². The third kappa shape index (κ3) is 3.74. The van der Waals surface area contributed by atoms with E-state index in [1.54, 1.807) is 11.8 Å². The van der Waals surface area contributed by atoms with E-state index in [4.69, 9.17) is 16.3 Å². The average molecular weight is 364 g/mol. The van der Waals surface area contributed by atoms with Gasteiger partial charge >= 0.3 is 6.09 Å². The van der Waals surface area contributed by atoms with Gasteiger partial charge in [0.25, 0.3) is 5.91 Å². The van der Waals surface area contributed by atoms with E-state index < -0.39 is 0 Å². The summed E-state index contributed by atoms with van der Waals surface area (Å²) in [4.78, 5) is 29.2. The maximum Gasteiger partial charge on any atom is 0.409 e. The maximum atomic E-state index is 12.6. The highest BCUT2D eigenvalue weighted by atomic mass is 35.5. The van der Waals surface area contributed by atoms with Gasteiger partial charge in [-0.05, 0) is 44.4 Å². The summed E-state index contributed by atoms with van der Waals surface area (Å²) in [6.45, 7) is 5.26. The fourth-order valence-corrected chi connectivity index (χ4v) is 3.39. The Morgan fingerprint density at radius 3 is 2.76 bits per heavy atom. The number of aromatic amines is 1. The molecule has 2 amide bonds. The monoisotopic (exact) mass is 363 g/mol. The number of piperidine rings is 1. The van der Waals surface area contributed by atoms with Gasteiger partial charge in [-0.1, -0.05) is 17.7 Å². The summed E-state index contributed by atoms with van der Waals surface area (Å²) < 4.78 is 5.01. The Morgan fingerprint density at radius 1 is 1.36 bits per heavy atom. The molecule has 134 valence electrons. The average Bonchev–Trinajstić information content (AvgIpc) is 2.92. The SMILES string of the molecule is CCOC(=O)N1CCC(NC(=O)c2[nH]c3cc(Cl)ccc3c2C)CC1. The summed E-state index contributed by atoms with van der Waals surface area (Å²) in [5.41, 5.74) is 2.32. The Hall–Kier alpha value is -2.21. The largest absolute Gasteiger partial charge is 0.450 e. The molecule has 1 aliphatic rings. The zero-order valence-electron chi connectivity index (χ0n) is 14.4. The smallest absolute Gasteiger partial charge is 0.409 e. The minimum absolute atomic E-state index is 0.0487. The molecule has 0 saturated carbocycles. The quantitative estimate of drug-likeness (QED) is 0.876. The molecule has 2 heterocycles. The Bertz CT molecular complexity index is 794. The molecule has 1 aromatic carbocycles. The third-order valence-electron chi connectivity index (χ3n) is 4.60. The minimum Gasteiger partial charge on any atom is -0.450 e. The first kappa shape index (κ1) is 17.6. The fraction of sp³-hybridized carbons (Fsp3) is 0.444. The van der Waals surface area contributed by atoms with Crippen LogP contribution in [0, 0.1) is 6.92 Å². The molecule has 3 rings (SSSR count). The lowest BCUT2D eigenvalue weighted by Gasteiger charge is -2.31. The lowest BCUT2D eigenvalue weighted by molar-refractivity contribution is 0.0857. The van der Waals surface area contributed by atoms with Crippen molar-refractivity contribution in [1.29, 1.82) is 0 Å². The molecule has 1 saturated heterocycles. The van der Waals surface area contributed by atoms with Crippen LogP contribution in [0.15, 0.2) is 18.2 Å². The molecule has 0 spiro atoms. The second-order valence-electron chi connectivity index (χ2n) is 6.25. The molecule has 1 aliphatic heterocycles. The summed E-state index contributed by atoms with van der Waals surface area (Å²) in [6.07, 6.45) is 1.15. The number of carbonyl (C=O) groups is 2. The minimum atomic E-state index is -0.282. The van der Waals surface area contributed by atoms with Crippen LogP contribution in [-0.4, -0.2) is 47.6 Å². The van der Waals surface area contributed by atoms with Crippen LogP contribution < -0.4 is 5.32 Å². The Morgan fingerprint density at radius 2 is 2.08 bits per heavy atom. The number of rotatable bonds is 3. The van der Waals surface area contributed by atoms with Crippen molar-refractivity contribution in [3.05, 3.63) is 34.5 Å². The highest BCUT2D eigenvalue weighted by Gasteiger charge is 2.25. The number of benzene rings is 1. The topological polar surface area (TPSA) is 74.4 Å². The summed E-state index contributed by atoms with van der Waals surface area (Å²) in [7, 11) is 0. The predicted molar refractivity (Wildman–Crippen MR) is 97.1 cm³/mol. The fourth-order valence-electron chi connectivity index (χ4n) is 3.22. The van der Waals surface area contributed by atoms with Crippen molar-refractivity contribution in [2.75, 3.05) is 19.7 Å². The van der Waals surface area contributed by atoms with E-state index in [2.05, 4.69) is 10.3 Å². The number of ether oxygens (including phenoxy) is 1. The van der Waals surface area contributed by atoms with Crippen molar-refractivity contribution in [3.8, 4) is 0 Å². The van der Waals surface area contributed by atoms with E-state index in [-0.39, 0.29) is 18.0 Å². The molecule has 25 heavy (non-hydrogen) atoms. The van der Waals surface area contributed by atoms with Crippen molar-refractivity contribution in [2.45, 2.75) is 32.7 Å². The van der Waals surface area contributed by atoms with Crippen LogP contribution in [0.5, 0.6) is 0 Å². The normalized spacial score (nSPS) is 15.4. The summed E-state index contributed by atoms with van der Waals surface area (Å²) >= 11 is 6.01. The lowest BCUT2D eigenvalue weighted by Crippen LogP contribution is -2.46. The van der Waals surface area contributed by atoms with Crippen molar-refractivity contribution in [1.82, 2.24) is 15.2 Å². The van der Waals surface area contributed by atoms with Gasteiger partial charge in [0.2, 0.25) is 0 Å². The molecule has 0 aliphatic carbocycles. The molecule has 0 radical (unpaired) electrons. The van der Waals surface area contributed by atoms with Crippen LogP contribution in [0.25, 0.3) is 10.9 Å². The number of H-pyrrole nitrogens is 1. The number of amides is 2. The second kappa shape index (κ2) is 7.35. The Labute approximate surface area is 151 Å². The van der Waals surface area contributed by atoms with Gasteiger partial charge in [-0.2, -0.15) is 0 Å². The first-order valence-electron chi connectivity index (χ1n) is 8.50. The molecular weight excluding hydrogens is 342 g/mol. The number of fused-ring (bicyclic) bond motifs is 1. The van der Waals surface area contributed by atoms with Crippen molar-refractivity contribution < 1.29 is 14.3 Å². The maximum absolute atomic E-state index is 12.6. The molecule has 6 nitrogen and oxygen atoms in total. The molecule has 2 aromatic rings. The van der Waals surface area contributed by atoms with Crippen molar-refractivity contribution in [2.24, 2.45) is 0 Å². The second-order valence-corrected chi connectivity index (χ2v) is 6.69. The number of aromatic nitrogens is 1. The molecular formula is C18H22ClN3O3. The van der Waals surface area contributed by atoms with E-state index in [0.717, 1.165) is 29.3 Å². The molecule has 1 fully saturated rings. The van der Waals surface area contributed by atoms with Crippen LogP contribution in [-0.2, 0) is 4.74 Å². The molecule has 0 bridgehead atoms. The van der Waals surface area contributed by atoms with Crippen molar-refractivity contribution >= 4 is 34.5 Å². The first-order chi connectivity index (χ1) is 12.0. The number of likely N-dealkylation sites (tertiary alicyclic amines) is 1. The van der Waals surface area contributed by atoms with Gasteiger partial charge in [0.1, 0.15) is 5.69 Å². The summed E-state index contributed by atoms with van der Waals surface area (Å²) in [6, 6.07) is 5.60. The predicted octanol–water partition coefficient (Wildman–Crippen LogP) is 3.48. The molecule has 0 unspecified atom stereocenters. The summed E-state index contributed by atoms with van der Waals surface area (Å²) in [5, 5.41) is 4.68. The van der Waals surface area contributed by atoms with Gasteiger partial charge < -0.3 is 19.9 Å². The Balaban J connectivity index is 1.64. The van der Waals surface area contributed by atoms with E-state index in [1.165, 1.54) is 0 Å². The number of halogens is 1. The van der Waals surface area contributed by atoms with Gasteiger partial charge in [0.05, 0.1) is 6.61 Å². The van der Waals surface area contributed by atoms with Crippen LogP contribution >= 0.6 is 11.6 Å². The van der Waals surface area contributed by atoms with Gasteiger partial charge in [-0.15, -0.1) is 0 Å². The van der Waals surface area contributed by atoms with Crippen LogP contribution in [0.2, 0.25) is 5.02 Å². The van der Waals surface area contributed by atoms with E-state index in [0.29, 0.717) is 30.4 Å². The van der Waals surface area contributed by atoms with Gasteiger partial charge in [0.15, 0.2) is 0 Å². The van der Waals surface area contributed by atoms with Crippen LogP contribution in [0.1, 0.15) is 35.8 Å². The highest BCUT2D eigenvalue weighted by Crippen LogP contribution is 2.25. The number of nitrogens with one attached hydrogen (secondary N) is 2. The lowest BCUT2D eigenvalue weighted by atomic mass is 10.0. The number of carbonyl (C=O) groups excluding carboxylic acids is 2. The van der Waals surface area contributed by atoms with Crippen LogP contribution in [0.3, 0.4) is 0 Å². The van der Waals surface area contributed by atoms with E-state index in [1.807, 2.05) is 25.1 Å². The zero-order valence-corrected chi connectivity index (χ0v) is 15.2. The number of hydrogen-bond acceptors (Lipinski definition) is 3. The zero-order chi connectivity index (χ0) is 18.0. The van der Waals surface area contributed by atoms with Crippen molar-refractivity contribution in [3.63, 3.8) is 0 Å². The molecule has 7 heteroatoms. The standard InChI is InChI=1S/C18H22ClN3O3/c1-3-25-18(24)22-8-6-13(7-9-22)20-17(23)16-11(2)14-5-4-12(19)10-15(14)21-16/h4-5,10,13,21H,3,6-9H2,1-2H3,(H,20,23). The highest BCUT2D eigenvalue weighted by molar-refractivity contribution is 6.31. The Kier molecular flexibility index (Phi) is 5.18. The molecule has 1 aromatic heterocycles. The van der Waals surface area contributed by atoms with Gasteiger partial charge in [0, 0.05) is 35.1 Å².